The number of carbonyl (C=O) groups excluding carboxylic acids is 2. The van der Waals surface area contributed by atoms with Crippen molar-refractivity contribution < 1.29 is 9.59 Å². The van der Waals surface area contributed by atoms with Gasteiger partial charge in [-0.05, 0) is 18.6 Å². The summed E-state index contributed by atoms with van der Waals surface area (Å²) in [5.41, 5.74) is 2.53. The number of carbonyl (C=O) groups is 2. The van der Waals surface area contributed by atoms with Crippen molar-refractivity contribution in [2.24, 2.45) is 0 Å². The lowest BCUT2D eigenvalue weighted by Crippen LogP contribution is -2.41. The number of aromatic nitrogens is 2. The standard InChI is InChI=1S/C15H16N4O2S/c1-9-8-22-15(17-9)18-14(21)12-7-19(10(2)20)6-11-4-3-5-16-13(11)12/h3-5,8,12H,6-7H2,1-2H3,(H,17,18,21). The van der Waals surface area contributed by atoms with Crippen molar-refractivity contribution in [3.05, 3.63) is 40.7 Å². The van der Waals surface area contributed by atoms with Gasteiger partial charge in [-0.3, -0.25) is 14.6 Å². The number of anilines is 1. The molecule has 2 aromatic heterocycles. The molecule has 114 valence electrons. The lowest BCUT2D eigenvalue weighted by molar-refractivity contribution is -0.131. The topological polar surface area (TPSA) is 75.2 Å². The van der Waals surface area contributed by atoms with Crippen molar-refractivity contribution in [3.63, 3.8) is 0 Å². The summed E-state index contributed by atoms with van der Waals surface area (Å²) in [6.45, 7) is 4.23. The van der Waals surface area contributed by atoms with Gasteiger partial charge in [0.1, 0.15) is 0 Å². The van der Waals surface area contributed by atoms with E-state index in [1.807, 2.05) is 24.4 Å². The number of fused-ring (bicyclic) bond motifs is 1. The van der Waals surface area contributed by atoms with E-state index in [1.165, 1.54) is 18.3 Å². The minimum Gasteiger partial charge on any atom is -0.337 e. The van der Waals surface area contributed by atoms with Crippen LogP contribution in [-0.4, -0.2) is 33.2 Å². The molecule has 1 aliphatic rings. The first-order chi connectivity index (χ1) is 10.5. The predicted octanol–water partition coefficient (Wildman–Crippen LogP) is 1.93. The Morgan fingerprint density at radius 2 is 2.27 bits per heavy atom. The van der Waals surface area contributed by atoms with Crippen molar-refractivity contribution >= 4 is 28.3 Å². The zero-order valence-corrected chi connectivity index (χ0v) is 13.2. The number of nitrogens with zero attached hydrogens (tertiary/aromatic N) is 3. The van der Waals surface area contributed by atoms with E-state index in [0.29, 0.717) is 18.2 Å². The van der Waals surface area contributed by atoms with Crippen molar-refractivity contribution in [3.8, 4) is 0 Å². The van der Waals surface area contributed by atoms with Gasteiger partial charge in [0, 0.05) is 31.6 Å². The second-order valence-corrected chi connectivity index (χ2v) is 6.14. The molecule has 6 nitrogen and oxygen atoms in total. The number of hydrogen-bond acceptors (Lipinski definition) is 5. The third kappa shape index (κ3) is 2.85. The second kappa shape index (κ2) is 5.84. The van der Waals surface area contributed by atoms with E-state index in [1.54, 1.807) is 11.1 Å². The fraction of sp³-hybridized carbons (Fsp3) is 0.333. The van der Waals surface area contributed by atoms with E-state index in [0.717, 1.165) is 17.0 Å². The summed E-state index contributed by atoms with van der Waals surface area (Å²) in [6.07, 6.45) is 1.68. The SMILES string of the molecule is CC(=O)N1Cc2cccnc2C(C(=O)Nc2nc(C)cs2)C1. The molecule has 0 saturated heterocycles. The Morgan fingerprint density at radius 3 is 2.95 bits per heavy atom. The van der Waals surface area contributed by atoms with Gasteiger partial charge >= 0.3 is 0 Å². The lowest BCUT2D eigenvalue weighted by Gasteiger charge is -2.32. The van der Waals surface area contributed by atoms with Gasteiger partial charge in [-0.1, -0.05) is 6.07 Å². The molecule has 0 spiro atoms. The molecule has 0 fully saturated rings. The Kier molecular flexibility index (Phi) is 3.89. The Morgan fingerprint density at radius 1 is 1.45 bits per heavy atom. The van der Waals surface area contributed by atoms with Crippen LogP contribution < -0.4 is 5.32 Å². The third-order valence-corrected chi connectivity index (χ3v) is 4.51. The van der Waals surface area contributed by atoms with Crippen LogP contribution in [-0.2, 0) is 16.1 Å². The smallest absolute Gasteiger partial charge is 0.237 e. The summed E-state index contributed by atoms with van der Waals surface area (Å²) >= 11 is 1.39. The van der Waals surface area contributed by atoms with Crippen LogP contribution in [0.4, 0.5) is 5.13 Å². The number of amides is 2. The highest BCUT2D eigenvalue weighted by Crippen LogP contribution is 2.28. The molecule has 1 N–H and O–H groups in total. The summed E-state index contributed by atoms with van der Waals surface area (Å²) < 4.78 is 0. The highest BCUT2D eigenvalue weighted by atomic mass is 32.1. The van der Waals surface area contributed by atoms with Crippen LogP contribution in [0.3, 0.4) is 0 Å². The summed E-state index contributed by atoms with van der Waals surface area (Å²) in [5, 5.41) is 5.27. The minimum absolute atomic E-state index is 0.0441. The molecule has 0 bridgehead atoms. The van der Waals surface area contributed by atoms with Crippen LogP contribution in [0.2, 0.25) is 0 Å². The highest BCUT2D eigenvalue weighted by Gasteiger charge is 2.33. The fourth-order valence-corrected chi connectivity index (χ4v) is 3.22. The normalized spacial score (nSPS) is 17.0. The van der Waals surface area contributed by atoms with Crippen LogP contribution in [0, 0.1) is 6.92 Å². The molecule has 1 aliphatic heterocycles. The van der Waals surface area contributed by atoms with Gasteiger partial charge in [0.15, 0.2) is 5.13 Å². The summed E-state index contributed by atoms with van der Waals surface area (Å²) in [7, 11) is 0. The lowest BCUT2D eigenvalue weighted by atomic mass is 9.94. The first-order valence-electron chi connectivity index (χ1n) is 6.97. The molecule has 3 rings (SSSR count). The number of nitrogens with one attached hydrogen (secondary N) is 1. The summed E-state index contributed by atoms with van der Waals surface area (Å²) in [6, 6.07) is 3.73. The van der Waals surface area contributed by atoms with E-state index >= 15 is 0 Å². The average Bonchev–Trinajstić information content (AvgIpc) is 2.91. The Balaban J connectivity index is 1.87. The van der Waals surface area contributed by atoms with Gasteiger partial charge in [0.2, 0.25) is 11.8 Å². The molecule has 22 heavy (non-hydrogen) atoms. The summed E-state index contributed by atoms with van der Waals surface area (Å²) in [4.78, 5) is 34.5. The number of hydrogen-bond donors (Lipinski definition) is 1. The molecule has 0 radical (unpaired) electrons. The number of aryl methyl sites for hydroxylation is 1. The Bertz CT molecular complexity index is 728. The van der Waals surface area contributed by atoms with Crippen LogP contribution in [0.15, 0.2) is 23.7 Å². The first-order valence-corrected chi connectivity index (χ1v) is 7.85. The van der Waals surface area contributed by atoms with Crippen LogP contribution in [0.1, 0.15) is 29.8 Å². The molecule has 0 saturated carbocycles. The first kappa shape index (κ1) is 14.6. The fourth-order valence-electron chi connectivity index (χ4n) is 2.53. The number of rotatable bonds is 2. The molecule has 0 aromatic carbocycles. The average molecular weight is 316 g/mol. The van der Waals surface area contributed by atoms with Gasteiger partial charge in [0.25, 0.3) is 0 Å². The van der Waals surface area contributed by atoms with Crippen molar-refractivity contribution in [1.82, 2.24) is 14.9 Å². The van der Waals surface area contributed by atoms with Crippen molar-refractivity contribution in [2.75, 3.05) is 11.9 Å². The molecule has 2 amide bonds. The van der Waals surface area contributed by atoms with Crippen molar-refractivity contribution in [1.29, 1.82) is 0 Å². The van der Waals surface area contributed by atoms with E-state index in [4.69, 9.17) is 0 Å². The van der Waals surface area contributed by atoms with E-state index in [9.17, 15) is 9.59 Å². The molecule has 3 heterocycles. The predicted molar refractivity (Wildman–Crippen MR) is 83.5 cm³/mol. The molecule has 7 heteroatoms. The maximum atomic E-state index is 12.6. The Labute approximate surface area is 132 Å². The number of thiazole rings is 1. The van der Waals surface area contributed by atoms with Crippen LogP contribution in [0.25, 0.3) is 0 Å². The summed E-state index contributed by atoms with van der Waals surface area (Å²) in [5.74, 6) is -0.698. The molecular weight excluding hydrogens is 300 g/mol. The number of pyridine rings is 1. The van der Waals surface area contributed by atoms with Gasteiger partial charge in [-0.2, -0.15) is 0 Å². The molecule has 2 aromatic rings. The zero-order valence-electron chi connectivity index (χ0n) is 12.4. The largest absolute Gasteiger partial charge is 0.337 e. The van der Waals surface area contributed by atoms with Crippen LogP contribution in [0.5, 0.6) is 0 Å². The van der Waals surface area contributed by atoms with Gasteiger partial charge in [0.05, 0.1) is 17.3 Å². The minimum atomic E-state index is -0.474. The monoisotopic (exact) mass is 316 g/mol. The van der Waals surface area contributed by atoms with Crippen LogP contribution >= 0.6 is 11.3 Å². The van der Waals surface area contributed by atoms with E-state index in [2.05, 4.69) is 15.3 Å². The second-order valence-electron chi connectivity index (χ2n) is 5.28. The van der Waals surface area contributed by atoms with Gasteiger partial charge in [-0.25, -0.2) is 4.98 Å². The third-order valence-electron chi connectivity index (χ3n) is 3.63. The molecule has 1 unspecified atom stereocenters. The quantitative estimate of drug-likeness (QED) is 0.918. The zero-order chi connectivity index (χ0) is 15.7. The van der Waals surface area contributed by atoms with Gasteiger partial charge in [-0.15, -0.1) is 11.3 Å². The molecular formula is C15H16N4O2S. The highest BCUT2D eigenvalue weighted by molar-refractivity contribution is 7.13. The van der Waals surface area contributed by atoms with E-state index < -0.39 is 5.92 Å². The van der Waals surface area contributed by atoms with E-state index in [-0.39, 0.29) is 11.8 Å². The maximum Gasteiger partial charge on any atom is 0.237 e. The van der Waals surface area contributed by atoms with Gasteiger partial charge < -0.3 is 10.2 Å². The Hall–Kier alpha value is -2.28. The molecule has 0 aliphatic carbocycles. The van der Waals surface area contributed by atoms with Crippen molar-refractivity contribution in [2.45, 2.75) is 26.3 Å². The molecule has 1 atom stereocenters. The maximum absolute atomic E-state index is 12.6.